The molecule has 0 saturated carbocycles. The van der Waals surface area contributed by atoms with Gasteiger partial charge < -0.3 is 30.7 Å². The van der Waals surface area contributed by atoms with Crippen molar-refractivity contribution < 1.29 is 19.0 Å². The fourth-order valence-corrected chi connectivity index (χ4v) is 3.06. The van der Waals surface area contributed by atoms with Crippen LogP contribution in [0.15, 0.2) is 47.3 Å². The van der Waals surface area contributed by atoms with E-state index in [1.54, 1.807) is 39.0 Å². The van der Waals surface area contributed by atoms with Gasteiger partial charge in [-0.05, 0) is 63.1 Å². The summed E-state index contributed by atoms with van der Waals surface area (Å²) in [6, 6.07) is 12.8. The van der Waals surface area contributed by atoms with E-state index in [2.05, 4.69) is 9.97 Å². The van der Waals surface area contributed by atoms with Crippen molar-refractivity contribution >= 4 is 17.5 Å². The van der Waals surface area contributed by atoms with Crippen molar-refractivity contribution in [3.8, 4) is 34.0 Å². The van der Waals surface area contributed by atoms with Crippen molar-refractivity contribution in [2.24, 2.45) is 0 Å². The maximum atomic E-state index is 12.0. The van der Waals surface area contributed by atoms with E-state index in [-0.39, 0.29) is 23.9 Å². The van der Waals surface area contributed by atoms with Gasteiger partial charge in [-0.25, -0.2) is 9.78 Å². The molecule has 33 heavy (non-hydrogen) atoms. The second kappa shape index (κ2) is 9.64. The molecule has 0 aliphatic carbocycles. The molecule has 1 heterocycles. The lowest BCUT2D eigenvalue weighted by atomic mass is 10.0. The number of nitrogens with one attached hydrogen (secondary N) is 1. The topological polar surface area (TPSA) is 143 Å². The third kappa shape index (κ3) is 6.03. The Morgan fingerprint density at radius 2 is 1.70 bits per heavy atom. The second-order valence-electron chi connectivity index (χ2n) is 8.26. The van der Waals surface area contributed by atoms with Crippen LogP contribution in [0.4, 0.5) is 11.5 Å². The number of aromatic nitrogens is 2. The van der Waals surface area contributed by atoms with Crippen LogP contribution in [-0.4, -0.2) is 34.8 Å². The molecule has 0 bridgehead atoms. The molecule has 0 radical (unpaired) electrons. The largest absolute Gasteiger partial charge is 0.493 e. The summed E-state index contributed by atoms with van der Waals surface area (Å²) in [5.41, 5.74) is 12.5. The van der Waals surface area contributed by atoms with Crippen molar-refractivity contribution in [2.45, 2.75) is 33.3 Å². The number of rotatable bonds is 7. The third-order valence-corrected chi connectivity index (χ3v) is 4.49. The van der Waals surface area contributed by atoms with Gasteiger partial charge in [-0.2, -0.15) is 0 Å². The van der Waals surface area contributed by atoms with E-state index in [1.807, 2.05) is 31.2 Å². The van der Waals surface area contributed by atoms with Gasteiger partial charge >= 0.3 is 5.97 Å². The molecule has 0 fully saturated rings. The van der Waals surface area contributed by atoms with Gasteiger partial charge in [0.2, 0.25) is 0 Å². The summed E-state index contributed by atoms with van der Waals surface area (Å²) in [6.07, 6.45) is 0. The van der Waals surface area contributed by atoms with Crippen LogP contribution in [0, 0.1) is 0 Å². The highest BCUT2D eigenvalue weighted by Crippen LogP contribution is 2.33. The first-order chi connectivity index (χ1) is 15.6. The summed E-state index contributed by atoms with van der Waals surface area (Å²) in [5.74, 6) is 0.881. The number of nitrogens with two attached hydrogens (primary N) is 2. The molecular formula is C24H28N4O5. The Labute approximate surface area is 191 Å². The maximum Gasteiger partial charge on any atom is 0.344 e. The monoisotopic (exact) mass is 452 g/mol. The molecule has 1 aromatic heterocycles. The molecule has 0 spiro atoms. The zero-order valence-electron chi connectivity index (χ0n) is 19.1. The highest BCUT2D eigenvalue weighted by atomic mass is 16.6. The maximum absolute atomic E-state index is 12.0. The number of hydrogen-bond acceptors (Lipinski definition) is 8. The molecule has 9 nitrogen and oxygen atoms in total. The Kier molecular flexibility index (Phi) is 6.91. The molecule has 3 aromatic rings. The minimum Gasteiger partial charge on any atom is -0.493 e. The summed E-state index contributed by atoms with van der Waals surface area (Å²) < 4.78 is 16.5. The zero-order chi connectivity index (χ0) is 24.2. The average molecular weight is 453 g/mol. The van der Waals surface area contributed by atoms with Crippen LogP contribution in [0.1, 0.15) is 27.7 Å². The Morgan fingerprint density at radius 1 is 1.03 bits per heavy atom. The van der Waals surface area contributed by atoms with Gasteiger partial charge in [-0.3, -0.25) is 4.79 Å². The molecule has 5 N–H and O–H groups in total. The first-order valence-electron chi connectivity index (χ1n) is 10.4. The minimum absolute atomic E-state index is 0.0396. The number of aromatic amines is 1. The zero-order valence-corrected chi connectivity index (χ0v) is 19.1. The Balaban J connectivity index is 1.82. The number of carbonyl (C=O) groups is 1. The molecule has 174 valence electrons. The van der Waals surface area contributed by atoms with Gasteiger partial charge in [0.15, 0.2) is 12.4 Å². The van der Waals surface area contributed by atoms with Gasteiger partial charge in [0, 0.05) is 0 Å². The second-order valence-corrected chi connectivity index (χ2v) is 8.26. The Bertz CT molecular complexity index is 1200. The quantitative estimate of drug-likeness (QED) is 0.463. The number of benzene rings is 2. The van der Waals surface area contributed by atoms with E-state index in [0.29, 0.717) is 23.7 Å². The minimum atomic E-state index is -0.560. The van der Waals surface area contributed by atoms with Crippen LogP contribution in [-0.2, 0) is 9.53 Å². The molecule has 9 heteroatoms. The Morgan fingerprint density at radius 3 is 2.30 bits per heavy atom. The van der Waals surface area contributed by atoms with E-state index in [0.717, 1.165) is 11.1 Å². The van der Waals surface area contributed by atoms with Gasteiger partial charge in [0.25, 0.3) is 5.56 Å². The highest BCUT2D eigenvalue weighted by Gasteiger charge is 2.17. The summed E-state index contributed by atoms with van der Waals surface area (Å²) in [4.78, 5) is 30.6. The summed E-state index contributed by atoms with van der Waals surface area (Å²) >= 11 is 0. The number of hydrogen-bond donors (Lipinski definition) is 3. The number of nitrogen functional groups attached to an aromatic ring is 2. The van der Waals surface area contributed by atoms with E-state index in [1.165, 1.54) is 0 Å². The van der Waals surface area contributed by atoms with E-state index < -0.39 is 17.1 Å². The first-order valence-corrected chi connectivity index (χ1v) is 10.4. The third-order valence-electron chi connectivity index (χ3n) is 4.49. The van der Waals surface area contributed by atoms with Gasteiger partial charge in [0.05, 0.1) is 12.2 Å². The van der Waals surface area contributed by atoms with Gasteiger partial charge in [0.1, 0.15) is 28.6 Å². The number of carbonyl (C=O) groups excluding carboxylic acids is 1. The van der Waals surface area contributed by atoms with Crippen molar-refractivity contribution in [3.63, 3.8) is 0 Å². The molecular weight excluding hydrogens is 424 g/mol. The lowest BCUT2D eigenvalue weighted by Gasteiger charge is -2.19. The molecule has 0 aliphatic rings. The van der Waals surface area contributed by atoms with Crippen molar-refractivity contribution in [1.82, 2.24) is 9.97 Å². The average Bonchev–Trinajstić information content (AvgIpc) is 2.75. The van der Waals surface area contributed by atoms with Crippen molar-refractivity contribution in [1.29, 1.82) is 0 Å². The highest BCUT2D eigenvalue weighted by molar-refractivity contribution is 5.75. The molecule has 3 rings (SSSR count). The van der Waals surface area contributed by atoms with Crippen molar-refractivity contribution in [3.05, 3.63) is 52.8 Å². The van der Waals surface area contributed by atoms with Gasteiger partial charge in [-0.1, -0.05) is 18.2 Å². The standard InChI is InChI=1S/C24H28N4O5/c1-5-31-18-12-15(8-11-17(18)22-27-21(26)20(25)23(30)28-22)14-6-9-16(10-7-14)32-13-19(29)33-24(2,3)4/h6-12H,5,13,25H2,1-4H3,(H3,26,27,28,30). The van der Waals surface area contributed by atoms with Crippen LogP contribution in [0.2, 0.25) is 0 Å². The predicted molar refractivity (Wildman–Crippen MR) is 127 cm³/mol. The van der Waals surface area contributed by atoms with E-state index in [9.17, 15) is 9.59 Å². The van der Waals surface area contributed by atoms with E-state index in [4.69, 9.17) is 25.7 Å². The lowest BCUT2D eigenvalue weighted by molar-refractivity contribution is -0.157. The first kappa shape index (κ1) is 23.6. The number of anilines is 2. The van der Waals surface area contributed by atoms with Crippen LogP contribution >= 0.6 is 0 Å². The summed E-state index contributed by atoms with van der Waals surface area (Å²) in [7, 11) is 0. The fraction of sp³-hybridized carbons (Fsp3) is 0.292. The molecule has 2 aromatic carbocycles. The fourth-order valence-electron chi connectivity index (χ4n) is 3.06. The van der Waals surface area contributed by atoms with E-state index >= 15 is 0 Å². The normalized spacial score (nSPS) is 11.2. The lowest BCUT2D eigenvalue weighted by Crippen LogP contribution is -2.27. The number of H-pyrrole nitrogens is 1. The number of esters is 1. The van der Waals surface area contributed by atoms with Crippen LogP contribution in [0.25, 0.3) is 22.5 Å². The molecule has 0 saturated heterocycles. The van der Waals surface area contributed by atoms with Crippen LogP contribution in [0.3, 0.4) is 0 Å². The Hall–Kier alpha value is -4.01. The molecule has 0 aliphatic heterocycles. The molecule has 0 unspecified atom stereocenters. The predicted octanol–water partition coefficient (Wildman–Crippen LogP) is 3.39. The van der Waals surface area contributed by atoms with Crippen molar-refractivity contribution in [2.75, 3.05) is 24.7 Å². The van der Waals surface area contributed by atoms with Crippen LogP contribution in [0.5, 0.6) is 11.5 Å². The summed E-state index contributed by atoms with van der Waals surface area (Å²) in [5, 5.41) is 0. The molecule has 0 atom stereocenters. The SMILES string of the molecule is CCOc1cc(-c2ccc(OCC(=O)OC(C)(C)C)cc2)ccc1-c1nc(N)c(N)c(=O)[nH]1. The van der Waals surface area contributed by atoms with Gasteiger partial charge in [-0.15, -0.1) is 0 Å². The number of ether oxygens (including phenoxy) is 3. The smallest absolute Gasteiger partial charge is 0.344 e. The number of nitrogens with zero attached hydrogens (tertiary/aromatic N) is 1. The van der Waals surface area contributed by atoms with Crippen LogP contribution < -0.4 is 26.5 Å². The molecule has 0 amide bonds. The summed E-state index contributed by atoms with van der Waals surface area (Å²) in [6.45, 7) is 7.52.